The van der Waals surface area contributed by atoms with Gasteiger partial charge in [0.15, 0.2) is 0 Å². The lowest BCUT2D eigenvalue weighted by Crippen LogP contribution is -2.05. The van der Waals surface area contributed by atoms with Crippen molar-refractivity contribution in [3.63, 3.8) is 0 Å². The van der Waals surface area contributed by atoms with Crippen LogP contribution < -0.4 is 11.1 Å². The van der Waals surface area contributed by atoms with Crippen LogP contribution in [0.3, 0.4) is 0 Å². The summed E-state index contributed by atoms with van der Waals surface area (Å²) in [6.07, 6.45) is 4.86. The van der Waals surface area contributed by atoms with E-state index in [0.717, 1.165) is 18.7 Å². The quantitative estimate of drug-likeness (QED) is 0.591. The van der Waals surface area contributed by atoms with E-state index in [1.54, 1.807) is 12.1 Å². The first-order chi connectivity index (χ1) is 6.74. The lowest BCUT2D eigenvalue weighted by atomic mass is 10.2. The Morgan fingerprint density at radius 1 is 1.57 bits per heavy atom. The maximum Gasteiger partial charge on any atom is 0.129 e. The Kier molecular flexibility index (Phi) is 4.43. The number of hydrogen-bond acceptors (Lipinski definition) is 3. The fourth-order valence-corrected chi connectivity index (χ4v) is 1.17. The molecular formula is C10H14ClN3. The normalized spacial score (nSPS) is 11.0. The molecule has 4 heteroatoms. The van der Waals surface area contributed by atoms with Gasteiger partial charge in [-0.2, -0.15) is 0 Å². The molecule has 0 spiro atoms. The monoisotopic (exact) mass is 211 g/mol. The first-order valence-electron chi connectivity index (χ1n) is 4.47. The summed E-state index contributed by atoms with van der Waals surface area (Å²) in [6.45, 7) is 0.941. The van der Waals surface area contributed by atoms with Gasteiger partial charge in [-0.1, -0.05) is 17.7 Å². The highest BCUT2D eigenvalue weighted by Crippen LogP contribution is 2.14. The number of nitrogens with two attached hydrogens (primary N) is 1. The van der Waals surface area contributed by atoms with Gasteiger partial charge in [0.2, 0.25) is 0 Å². The van der Waals surface area contributed by atoms with Gasteiger partial charge < -0.3 is 11.1 Å². The number of halogens is 1. The molecule has 0 saturated heterocycles. The lowest BCUT2D eigenvalue weighted by molar-refractivity contribution is 0.809. The summed E-state index contributed by atoms with van der Waals surface area (Å²) in [5, 5.41) is 3.52. The largest absolute Gasteiger partial charge is 0.397 e. The fourth-order valence-electron chi connectivity index (χ4n) is 1.02. The zero-order valence-electron chi connectivity index (χ0n) is 8.13. The van der Waals surface area contributed by atoms with E-state index < -0.39 is 0 Å². The summed E-state index contributed by atoms with van der Waals surface area (Å²) in [5.41, 5.74) is 7.09. The zero-order chi connectivity index (χ0) is 10.4. The first kappa shape index (κ1) is 11.0. The van der Waals surface area contributed by atoms with Crippen molar-refractivity contribution in [2.45, 2.75) is 6.42 Å². The minimum absolute atomic E-state index is 0.465. The molecule has 1 aromatic heterocycles. The second-order valence-corrected chi connectivity index (χ2v) is 3.29. The predicted molar refractivity (Wildman–Crippen MR) is 61.2 cm³/mol. The number of nitrogen functional groups attached to an aromatic ring is 1. The van der Waals surface area contributed by atoms with Crippen LogP contribution in [0.2, 0.25) is 5.15 Å². The first-order valence-corrected chi connectivity index (χ1v) is 4.85. The molecule has 0 aromatic carbocycles. The van der Waals surface area contributed by atoms with Gasteiger partial charge >= 0.3 is 0 Å². The van der Waals surface area contributed by atoms with E-state index >= 15 is 0 Å². The Bertz CT molecular complexity index is 323. The second kappa shape index (κ2) is 5.62. The standard InChI is InChI=1S/C10H14ClN3/c1-13-7-3-2-4-9-8(12)5-6-10(11)14-9/h2,4-6,13H,3,7,12H2,1H3. The summed E-state index contributed by atoms with van der Waals surface area (Å²) < 4.78 is 0. The Morgan fingerprint density at radius 2 is 2.36 bits per heavy atom. The van der Waals surface area contributed by atoms with Crippen LogP contribution in [0.4, 0.5) is 5.69 Å². The van der Waals surface area contributed by atoms with Gasteiger partial charge in [0.05, 0.1) is 11.4 Å². The lowest BCUT2D eigenvalue weighted by Gasteiger charge is -1.99. The van der Waals surface area contributed by atoms with Crippen LogP contribution in [-0.4, -0.2) is 18.6 Å². The molecule has 0 bridgehead atoms. The molecule has 3 N–H and O–H groups in total. The molecule has 1 rings (SSSR count). The number of hydrogen-bond donors (Lipinski definition) is 2. The van der Waals surface area contributed by atoms with Crippen LogP contribution in [0.1, 0.15) is 12.1 Å². The molecule has 1 aromatic rings. The van der Waals surface area contributed by atoms with Crippen LogP contribution in [0.15, 0.2) is 18.2 Å². The maximum absolute atomic E-state index is 5.74. The van der Waals surface area contributed by atoms with Gasteiger partial charge in [-0.15, -0.1) is 0 Å². The van der Waals surface area contributed by atoms with Crippen molar-refractivity contribution in [2.75, 3.05) is 19.3 Å². The SMILES string of the molecule is CNCCC=Cc1nc(Cl)ccc1N. The number of pyridine rings is 1. The van der Waals surface area contributed by atoms with Crippen molar-refractivity contribution in [2.24, 2.45) is 0 Å². The molecule has 1 heterocycles. The Balaban J connectivity index is 2.65. The van der Waals surface area contributed by atoms with Crippen LogP contribution >= 0.6 is 11.6 Å². The number of nitrogens with zero attached hydrogens (tertiary/aromatic N) is 1. The van der Waals surface area contributed by atoms with Gasteiger partial charge in [-0.05, 0) is 38.2 Å². The molecular weight excluding hydrogens is 198 g/mol. The van der Waals surface area contributed by atoms with E-state index in [0.29, 0.717) is 10.8 Å². The van der Waals surface area contributed by atoms with E-state index in [1.807, 2.05) is 19.2 Å². The third-order valence-corrected chi connectivity index (χ3v) is 1.97. The van der Waals surface area contributed by atoms with E-state index in [-0.39, 0.29) is 0 Å². The van der Waals surface area contributed by atoms with Gasteiger partial charge in [0, 0.05) is 0 Å². The topological polar surface area (TPSA) is 50.9 Å². The Labute approximate surface area is 89.0 Å². The average Bonchev–Trinajstić information content (AvgIpc) is 2.18. The molecule has 0 aliphatic carbocycles. The Hall–Kier alpha value is -1.06. The number of rotatable bonds is 4. The van der Waals surface area contributed by atoms with E-state index in [9.17, 15) is 0 Å². The molecule has 76 valence electrons. The molecule has 0 amide bonds. The van der Waals surface area contributed by atoms with E-state index in [4.69, 9.17) is 17.3 Å². The van der Waals surface area contributed by atoms with Crippen molar-refractivity contribution >= 4 is 23.4 Å². The summed E-state index contributed by atoms with van der Waals surface area (Å²) in [6, 6.07) is 3.44. The number of aromatic nitrogens is 1. The third kappa shape index (κ3) is 3.36. The molecule has 0 aliphatic heterocycles. The minimum Gasteiger partial charge on any atom is -0.397 e. The van der Waals surface area contributed by atoms with Crippen molar-refractivity contribution in [1.29, 1.82) is 0 Å². The average molecular weight is 212 g/mol. The highest BCUT2D eigenvalue weighted by atomic mass is 35.5. The number of nitrogens with one attached hydrogen (secondary N) is 1. The van der Waals surface area contributed by atoms with Gasteiger partial charge in [-0.3, -0.25) is 0 Å². The molecule has 0 aliphatic rings. The molecule has 0 saturated carbocycles. The predicted octanol–water partition coefficient (Wildman–Crippen LogP) is 1.94. The second-order valence-electron chi connectivity index (χ2n) is 2.90. The van der Waals surface area contributed by atoms with Crippen LogP contribution in [-0.2, 0) is 0 Å². The summed E-state index contributed by atoms with van der Waals surface area (Å²) >= 11 is 5.74. The summed E-state index contributed by atoms with van der Waals surface area (Å²) in [4.78, 5) is 4.10. The van der Waals surface area contributed by atoms with Crippen molar-refractivity contribution in [3.05, 3.63) is 29.1 Å². The van der Waals surface area contributed by atoms with E-state index in [2.05, 4.69) is 10.3 Å². The fraction of sp³-hybridized carbons (Fsp3) is 0.300. The third-order valence-electron chi connectivity index (χ3n) is 1.76. The molecule has 0 atom stereocenters. The highest BCUT2D eigenvalue weighted by molar-refractivity contribution is 6.29. The smallest absolute Gasteiger partial charge is 0.129 e. The van der Waals surface area contributed by atoms with Gasteiger partial charge in [-0.25, -0.2) is 4.98 Å². The number of anilines is 1. The Morgan fingerprint density at radius 3 is 3.07 bits per heavy atom. The summed E-state index contributed by atoms with van der Waals surface area (Å²) in [5.74, 6) is 0. The van der Waals surface area contributed by atoms with E-state index in [1.165, 1.54) is 0 Å². The van der Waals surface area contributed by atoms with Gasteiger partial charge in [0.1, 0.15) is 5.15 Å². The molecule has 0 unspecified atom stereocenters. The molecule has 3 nitrogen and oxygen atoms in total. The van der Waals surface area contributed by atoms with Crippen molar-refractivity contribution in [3.8, 4) is 0 Å². The molecule has 14 heavy (non-hydrogen) atoms. The van der Waals surface area contributed by atoms with Crippen molar-refractivity contribution < 1.29 is 0 Å². The van der Waals surface area contributed by atoms with Crippen LogP contribution in [0.25, 0.3) is 6.08 Å². The zero-order valence-corrected chi connectivity index (χ0v) is 8.88. The van der Waals surface area contributed by atoms with Crippen LogP contribution in [0.5, 0.6) is 0 Å². The minimum atomic E-state index is 0.465. The summed E-state index contributed by atoms with van der Waals surface area (Å²) in [7, 11) is 1.92. The van der Waals surface area contributed by atoms with Crippen molar-refractivity contribution in [1.82, 2.24) is 10.3 Å². The molecule has 0 radical (unpaired) electrons. The maximum atomic E-state index is 5.74. The highest BCUT2D eigenvalue weighted by Gasteiger charge is 1.96. The van der Waals surface area contributed by atoms with Crippen LogP contribution in [0, 0.1) is 0 Å². The molecule has 0 fully saturated rings. The van der Waals surface area contributed by atoms with Gasteiger partial charge in [0.25, 0.3) is 0 Å².